The molecule has 0 aliphatic carbocycles. The third-order valence-electron chi connectivity index (χ3n) is 5.44. The van der Waals surface area contributed by atoms with Crippen molar-refractivity contribution in [2.75, 3.05) is 0 Å². The molecule has 0 spiro atoms. The van der Waals surface area contributed by atoms with Crippen molar-refractivity contribution in [3.63, 3.8) is 0 Å². The van der Waals surface area contributed by atoms with Crippen molar-refractivity contribution in [3.05, 3.63) is 93.3 Å². The van der Waals surface area contributed by atoms with Gasteiger partial charge in [0, 0.05) is 17.0 Å². The standard InChI is InChI=1S/C26H24O4/c1-16(2)22-14-23-20(13-26(28)30-24(23)11-17(22)3)15-29-25(27)12-19-9-6-8-18-7-4-5-10-21(18)19/h4-11,13-14,16H,12,15H2,1-3H3. The Kier molecular flexibility index (Phi) is 5.40. The Bertz CT molecular complexity index is 1290. The van der Waals surface area contributed by atoms with Gasteiger partial charge in [-0.25, -0.2) is 4.79 Å². The van der Waals surface area contributed by atoms with E-state index in [9.17, 15) is 9.59 Å². The highest BCUT2D eigenvalue weighted by Gasteiger charge is 2.14. The zero-order valence-corrected chi connectivity index (χ0v) is 17.4. The molecule has 1 heterocycles. The van der Waals surface area contributed by atoms with E-state index in [0.717, 1.165) is 27.3 Å². The van der Waals surface area contributed by atoms with Gasteiger partial charge in [-0.1, -0.05) is 56.3 Å². The molecule has 0 aliphatic rings. The number of aryl methyl sites for hydroxylation is 1. The van der Waals surface area contributed by atoms with Crippen LogP contribution in [0.4, 0.5) is 0 Å². The fourth-order valence-corrected chi connectivity index (χ4v) is 3.94. The van der Waals surface area contributed by atoms with E-state index >= 15 is 0 Å². The minimum absolute atomic E-state index is 0.0340. The number of fused-ring (bicyclic) bond motifs is 2. The number of rotatable bonds is 5. The van der Waals surface area contributed by atoms with Gasteiger partial charge in [0.1, 0.15) is 12.2 Å². The summed E-state index contributed by atoms with van der Waals surface area (Å²) < 4.78 is 10.9. The topological polar surface area (TPSA) is 56.5 Å². The molecule has 4 rings (SSSR count). The van der Waals surface area contributed by atoms with Gasteiger partial charge in [0.2, 0.25) is 0 Å². The van der Waals surface area contributed by atoms with E-state index in [-0.39, 0.29) is 19.0 Å². The van der Waals surface area contributed by atoms with Gasteiger partial charge < -0.3 is 9.15 Å². The van der Waals surface area contributed by atoms with Gasteiger partial charge in [-0.15, -0.1) is 0 Å². The summed E-state index contributed by atoms with van der Waals surface area (Å²) in [6.45, 7) is 6.28. The average molecular weight is 400 g/mol. The SMILES string of the molecule is Cc1cc2oc(=O)cc(COC(=O)Cc3cccc4ccccc34)c2cc1C(C)C. The first-order valence-electron chi connectivity index (χ1n) is 10.1. The summed E-state index contributed by atoms with van der Waals surface area (Å²) in [6, 6.07) is 19.2. The van der Waals surface area contributed by atoms with Crippen molar-refractivity contribution in [3.8, 4) is 0 Å². The number of benzene rings is 3. The molecule has 0 N–H and O–H groups in total. The van der Waals surface area contributed by atoms with E-state index in [1.165, 1.54) is 11.6 Å². The van der Waals surface area contributed by atoms with Crippen LogP contribution in [-0.4, -0.2) is 5.97 Å². The maximum absolute atomic E-state index is 12.6. The Morgan fingerprint density at radius 1 is 0.967 bits per heavy atom. The van der Waals surface area contributed by atoms with Crippen molar-refractivity contribution in [2.45, 2.75) is 39.7 Å². The van der Waals surface area contributed by atoms with E-state index < -0.39 is 5.63 Å². The van der Waals surface area contributed by atoms with Gasteiger partial charge in [-0.05, 0) is 52.4 Å². The van der Waals surface area contributed by atoms with Gasteiger partial charge in [0.15, 0.2) is 0 Å². The maximum atomic E-state index is 12.6. The molecule has 0 atom stereocenters. The Morgan fingerprint density at radius 2 is 1.73 bits per heavy atom. The minimum atomic E-state index is -0.445. The van der Waals surface area contributed by atoms with Crippen LogP contribution in [-0.2, 0) is 22.6 Å². The first kappa shape index (κ1) is 19.9. The molecule has 4 nitrogen and oxygen atoms in total. The fourth-order valence-electron chi connectivity index (χ4n) is 3.94. The molecular weight excluding hydrogens is 376 g/mol. The van der Waals surface area contributed by atoms with E-state index in [0.29, 0.717) is 17.1 Å². The zero-order chi connectivity index (χ0) is 21.3. The number of carbonyl (C=O) groups is 1. The molecule has 4 heteroatoms. The molecule has 0 fully saturated rings. The number of hydrogen-bond donors (Lipinski definition) is 0. The third-order valence-corrected chi connectivity index (χ3v) is 5.44. The first-order valence-corrected chi connectivity index (χ1v) is 10.1. The van der Waals surface area contributed by atoms with Gasteiger partial charge in [-0.2, -0.15) is 0 Å². The lowest BCUT2D eigenvalue weighted by atomic mass is 9.95. The summed E-state index contributed by atoms with van der Waals surface area (Å²) in [7, 11) is 0. The largest absolute Gasteiger partial charge is 0.461 e. The van der Waals surface area contributed by atoms with Crippen LogP contribution in [0.5, 0.6) is 0 Å². The zero-order valence-electron chi connectivity index (χ0n) is 17.4. The number of ether oxygens (including phenoxy) is 1. The molecule has 152 valence electrons. The maximum Gasteiger partial charge on any atom is 0.336 e. The van der Waals surface area contributed by atoms with Gasteiger partial charge >= 0.3 is 11.6 Å². The van der Waals surface area contributed by atoms with Gasteiger partial charge in [-0.3, -0.25) is 4.79 Å². The second-order valence-electron chi connectivity index (χ2n) is 7.93. The van der Waals surface area contributed by atoms with Crippen molar-refractivity contribution in [1.82, 2.24) is 0 Å². The molecule has 3 aromatic carbocycles. The van der Waals surface area contributed by atoms with E-state index in [1.807, 2.05) is 61.5 Å². The number of hydrogen-bond acceptors (Lipinski definition) is 4. The first-order chi connectivity index (χ1) is 14.4. The predicted octanol–water partition coefficient (Wildman–Crippen LogP) is 5.66. The molecule has 0 unspecified atom stereocenters. The molecule has 30 heavy (non-hydrogen) atoms. The molecule has 0 amide bonds. The Labute approximate surface area is 175 Å². The highest BCUT2D eigenvalue weighted by molar-refractivity contribution is 5.89. The quantitative estimate of drug-likeness (QED) is 0.320. The van der Waals surface area contributed by atoms with Crippen LogP contribution >= 0.6 is 0 Å². The molecule has 1 aromatic heterocycles. The highest BCUT2D eigenvalue weighted by Crippen LogP contribution is 2.27. The van der Waals surface area contributed by atoms with Crippen LogP contribution in [0, 0.1) is 6.92 Å². The summed E-state index contributed by atoms with van der Waals surface area (Å²) in [5.74, 6) is 0.00651. The van der Waals surface area contributed by atoms with Crippen LogP contribution in [0.3, 0.4) is 0 Å². The summed E-state index contributed by atoms with van der Waals surface area (Å²) in [5.41, 5.74) is 3.91. The fraction of sp³-hybridized carbons (Fsp3) is 0.231. The lowest BCUT2D eigenvalue weighted by Crippen LogP contribution is -2.10. The Balaban J connectivity index is 1.59. The van der Waals surface area contributed by atoms with Crippen LogP contribution in [0.25, 0.3) is 21.7 Å². The third kappa shape index (κ3) is 3.99. The van der Waals surface area contributed by atoms with Crippen molar-refractivity contribution >= 4 is 27.7 Å². The highest BCUT2D eigenvalue weighted by atomic mass is 16.5. The average Bonchev–Trinajstić information content (AvgIpc) is 2.71. The summed E-state index contributed by atoms with van der Waals surface area (Å²) in [6.07, 6.45) is 0.178. The second-order valence-corrected chi connectivity index (χ2v) is 7.93. The molecule has 0 aliphatic heterocycles. The number of esters is 1. The smallest absolute Gasteiger partial charge is 0.336 e. The molecule has 0 radical (unpaired) electrons. The summed E-state index contributed by atoms with van der Waals surface area (Å²) in [4.78, 5) is 24.6. The van der Waals surface area contributed by atoms with Crippen LogP contribution in [0.2, 0.25) is 0 Å². The van der Waals surface area contributed by atoms with Gasteiger partial charge in [0.05, 0.1) is 6.42 Å². The van der Waals surface area contributed by atoms with Crippen molar-refractivity contribution in [1.29, 1.82) is 0 Å². The van der Waals surface area contributed by atoms with Gasteiger partial charge in [0.25, 0.3) is 0 Å². The van der Waals surface area contributed by atoms with E-state index in [2.05, 4.69) is 13.8 Å². The Morgan fingerprint density at radius 3 is 2.53 bits per heavy atom. The molecule has 0 saturated heterocycles. The molecule has 0 saturated carbocycles. The normalized spacial score (nSPS) is 11.3. The van der Waals surface area contributed by atoms with Crippen LogP contribution < -0.4 is 5.63 Å². The lowest BCUT2D eigenvalue weighted by molar-refractivity contribution is -0.144. The molecular formula is C26H24O4. The van der Waals surface area contributed by atoms with Crippen molar-refractivity contribution in [2.24, 2.45) is 0 Å². The number of carbonyl (C=O) groups excluding carboxylic acids is 1. The van der Waals surface area contributed by atoms with Crippen LogP contribution in [0.1, 0.15) is 42.0 Å². The lowest BCUT2D eigenvalue weighted by Gasteiger charge is -2.13. The minimum Gasteiger partial charge on any atom is -0.461 e. The van der Waals surface area contributed by atoms with Crippen molar-refractivity contribution < 1.29 is 13.9 Å². The van der Waals surface area contributed by atoms with E-state index in [1.54, 1.807) is 0 Å². The second kappa shape index (κ2) is 8.15. The molecule has 0 bridgehead atoms. The summed E-state index contributed by atoms with van der Waals surface area (Å²) >= 11 is 0. The monoisotopic (exact) mass is 400 g/mol. The Hall–Kier alpha value is -3.40. The summed E-state index contributed by atoms with van der Waals surface area (Å²) in [5, 5.41) is 2.94. The predicted molar refractivity (Wildman–Crippen MR) is 119 cm³/mol. The van der Waals surface area contributed by atoms with E-state index in [4.69, 9.17) is 9.15 Å². The van der Waals surface area contributed by atoms with Crippen LogP contribution in [0.15, 0.2) is 69.9 Å². The molecule has 4 aromatic rings.